The first-order valence-electron chi connectivity index (χ1n) is 7.45. The van der Waals surface area contributed by atoms with Crippen LogP contribution >= 0.6 is 0 Å². The summed E-state index contributed by atoms with van der Waals surface area (Å²) in [6, 6.07) is 0. The van der Waals surface area contributed by atoms with Gasteiger partial charge >= 0.3 is 5.97 Å². The number of ketones is 1. The van der Waals surface area contributed by atoms with Crippen LogP contribution < -0.4 is 0 Å². The van der Waals surface area contributed by atoms with E-state index in [1.165, 1.54) is 0 Å². The van der Waals surface area contributed by atoms with Crippen LogP contribution in [-0.4, -0.2) is 41.3 Å². The molecule has 20 heavy (non-hydrogen) atoms. The van der Waals surface area contributed by atoms with Gasteiger partial charge in [0.2, 0.25) is 0 Å². The Morgan fingerprint density at radius 1 is 1.30 bits per heavy atom. The predicted molar refractivity (Wildman–Crippen MR) is 67.6 cm³/mol. The molecule has 5 nitrogen and oxygen atoms in total. The van der Waals surface area contributed by atoms with Gasteiger partial charge < -0.3 is 14.6 Å². The molecule has 5 heteroatoms. The summed E-state index contributed by atoms with van der Waals surface area (Å²) < 4.78 is 10.9. The van der Waals surface area contributed by atoms with E-state index < -0.39 is 11.5 Å². The van der Waals surface area contributed by atoms with Crippen molar-refractivity contribution in [1.29, 1.82) is 0 Å². The molecule has 4 rings (SSSR count). The van der Waals surface area contributed by atoms with Gasteiger partial charge in [0, 0.05) is 11.8 Å². The minimum Gasteiger partial charge on any atom is -0.462 e. The molecule has 110 valence electrons. The zero-order valence-electron chi connectivity index (χ0n) is 11.9. The van der Waals surface area contributed by atoms with Gasteiger partial charge in [-0.25, -0.2) is 0 Å². The maximum absolute atomic E-state index is 12.6. The second-order valence-corrected chi connectivity index (χ2v) is 7.19. The highest BCUT2D eigenvalue weighted by atomic mass is 16.6. The molecule has 0 aromatic carbocycles. The number of hydrogen-bond acceptors (Lipinski definition) is 5. The average Bonchev–Trinajstić information content (AvgIpc) is 3.06. The van der Waals surface area contributed by atoms with Crippen LogP contribution in [-0.2, 0) is 19.1 Å². The molecule has 9 atom stereocenters. The first kappa shape index (κ1) is 12.8. The number of fused-ring (bicyclic) bond motifs is 4. The molecule has 2 heterocycles. The van der Waals surface area contributed by atoms with E-state index in [-0.39, 0.29) is 53.7 Å². The van der Waals surface area contributed by atoms with Gasteiger partial charge in [-0.3, -0.25) is 9.59 Å². The Kier molecular flexibility index (Phi) is 2.32. The predicted octanol–water partition coefficient (Wildman–Crippen LogP) is 0.537. The minimum absolute atomic E-state index is 0.0130. The Labute approximate surface area is 117 Å². The molecule has 0 aromatic heterocycles. The van der Waals surface area contributed by atoms with Crippen molar-refractivity contribution < 1.29 is 24.2 Å². The molecule has 1 N–H and O–H groups in total. The molecule has 4 aliphatic rings. The van der Waals surface area contributed by atoms with Crippen molar-refractivity contribution in [2.24, 2.45) is 29.1 Å². The smallest absolute Gasteiger partial charge is 0.309 e. The molecule has 2 saturated carbocycles. The summed E-state index contributed by atoms with van der Waals surface area (Å²) >= 11 is 0. The molecule has 0 aromatic rings. The van der Waals surface area contributed by atoms with Crippen LogP contribution in [0.3, 0.4) is 0 Å². The minimum atomic E-state index is -0.826. The largest absolute Gasteiger partial charge is 0.462 e. The first-order chi connectivity index (χ1) is 9.37. The van der Waals surface area contributed by atoms with Gasteiger partial charge in [-0.1, -0.05) is 13.8 Å². The molecule has 2 aliphatic carbocycles. The summed E-state index contributed by atoms with van der Waals surface area (Å²) in [5.41, 5.74) is -0.797. The summed E-state index contributed by atoms with van der Waals surface area (Å²) in [5, 5.41) is 10.9. The number of aliphatic hydroxyl groups is 1. The summed E-state index contributed by atoms with van der Waals surface area (Å²) in [6.45, 7) is 5.72. The molecule has 2 saturated heterocycles. The summed E-state index contributed by atoms with van der Waals surface area (Å²) in [4.78, 5) is 24.4. The van der Waals surface area contributed by atoms with Crippen molar-refractivity contribution >= 4 is 11.8 Å². The third kappa shape index (κ3) is 1.26. The number of esters is 1. The fourth-order valence-electron chi connectivity index (χ4n) is 5.09. The molecule has 0 amide bonds. The molecular formula is C15H20O5. The third-order valence-corrected chi connectivity index (χ3v) is 6.20. The Bertz CT molecular complexity index is 502. The van der Waals surface area contributed by atoms with Crippen LogP contribution in [0.2, 0.25) is 0 Å². The van der Waals surface area contributed by atoms with E-state index in [1.54, 1.807) is 6.92 Å². The van der Waals surface area contributed by atoms with E-state index >= 15 is 0 Å². The van der Waals surface area contributed by atoms with Gasteiger partial charge in [-0.15, -0.1) is 0 Å². The van der Waals surface area contributed by atoms with Crippen LogP contribution in [0, 0.1) is 29.1 Å². The van der Waals surface area contributed by atoms with Gasteiger partial charge in [0.1, 0.15) is 12.2 Å². The van der Waals surface area contributed by atoms with Crippen LogP contribution in [0.1, 0.15) is 27.2 Å². The fourth-order valence-corrected chi connectivity index (χ4v) is 5.09. The topological polar surface area (TPSA) is 76.1 Å². The second-order valence-electron chi connectivity index (χ2n) is 7.19. The normalized spacial score (nSPS) is 60.4. The number of carbonyl (C=O) groups is 2. The Balaban J connectivity index is 1.79. The number of aliphatic hydroxyl groups excluding tert-OH is 1. The lowest BCUT2D eigenvalue weighted by Gasteiger charge is -2.39. The van der Waals surface area contributed by atoms with E-state index in [2.05, 4.69) is 6.92 Å². The van der Waals surface area contributed by atoms with E-state index in [0.717, 1.165) is 0 Å². The Hall–Kier alpha value is -0.940. The van der Waals surface area contributed by atoms with Crippen molar-refractivity contribution in [1.82, 2.24) is 0 Å². The van der Waals surface area contributed by atoms with E-state index in [1.807, 2.05) is 6.92 Å². The molecule has 4 fully saturated rings. The first-order valence-corrected chi connectivity index (χ1v) is 7.45. The summed E-state index contributed by atoms with van der Waals surface area (Å²) in [7, 11) is 0. The maximum Gasteiger partial charge on any atom is 0.309 e. The van der Waals surface area contributed by atoms with E-state index in [9.17, 15) is 14.7 Å². The van der Waals surface area contributed by atoms with E-state index in [4.69, 9.17) is 9.47 Å². The molecule has 2 aliphatic heterocycles. The SMILES string of the molecule is C[C@@H]1C[C@@H]2OC(=O)[C@H](C)[C@@H]2[C@H](O)[C@]2(C)C(=O)[C@@H]3O[C@@H]3[C@@H]12. The zero-order valence-corrected chi connectivity index (χ0v) is 11.9. The molecule has 0 unspecified atom stereocenters. The van der Waals surface area contributed by atoms with Gasteiger partial charge in [-0.05, 0) is 19.3 Å². The number of Topliss-reactive ketones (excluding diaryl/α,β-unsaturated/α-hetero) is 1. The van der Waals surface area contributed by atoms with Crippen molar-refractivity contribution in [2.75, 3.05) is 0 Å². The molecule has 0 bridgehead atoms. The summed E-state index contributed by atoms with van der Waals surface area (Å²) in [5.74, 6) is -0.625. The van der Waals surface area contributed by atoms with Crippen LogP contribution in [0.5, 0.6) is 0 Å². The van der Waals surface area contributed by atoms with Gasteiger partial charge in [0.05, 0.1) is 23.5 Å². The number of rotatable bonds is 0. The Morgan fingerprint density at radius 2 is 2.00 bits per heavy atom. The lowest BCUT2D eigenvalue weighted by atomic mass is 9.66. The maximum atomic E-state index is 12.6. The van der Waals surface area contributed by atoms with Crippen LogP contribution in [0.25, 0.3) is 0 Å². The highest BCUT2D eigenvalue weighted by Crippen LogP contribution is 2.61. The van der Waals surface area contributed by atoms with Gasteiger partial charge in [-0.2, -0.15) is 0 Å². The van der Waals surface area contributed by atoms with Crippen molar-refractivity contribution in [2.45, 2.75) is 51.6 Å². The average molecular weight is 280 g/mol. The van der Waals surface area contributed by atoms with Crippen molar-refractivity contribution in [3.63, 3.8) is 0 Å². The quantitative estimate of drug-likeness (QED) is 0.517. The lowest BCUT2D eigenvalue weighted by molar-refractivity contribution is -0.147. The second kappa shape index (κ2) is 3.63. The fraction of sp³-hybridized carbons (Fsp3) is 0.867. The van der Waals surface area contributed by atoms with Crippen LogP contribution in [0.15, 0.2) is 0 Å². The highest BCUT2D eigenvalue weighted by molar-refractivity contribution is 5.95. The van der Waals surface area contributed by atoms with Crippen LogP contribution in [0.4, 0.5) is 0 Å². The highest BCUT2D eigenvalue weighted by Gasteiger charge is 2.73. The lowest BCUT2D eigenvalue weighted by Crippen LogP contribution is -2.50. The number of carbonyl (C=O) groups excluding carboxylic acids is 2. The third-order valence-electron chi connectivity index (χ3n) is 6.20. The number of ether oxygens (including phenoxy) is 2. The van der Waals surface area contributed by atoms with E-state index in [0.29, 0.717) is 6.42 Å². The standard InChI is InChI=1S/C15H20O5/c1-5-4-7-8(6(2)14(18)19-7)12(16)15(3)9(5)10-11(20-10)13(15)17/h5-12,16H,4H2,1-3H3/t5-,6-,7+,8+,9-,10-,11-,12+,15-/m1/s1. The molecule has 0 radical (unpaired) electrons. The number of epoxide rings is 1. The van der Waals surface area contributed by atoms with Gasteiger partial charge in [0.25, 0.3) is 0 Å². The summed E-state index contributed by atoms with van der Waals surface area (Å²) in [6.07, 6.45) is -0.755. The monoisotopic (exact) mass is 280 g/mol. The number of hydrogen-bond donors (Lipinski definition) is 1. The molecule has 0 spiro atoms. The van der Waals surface area contributed by atoms with Crippen molar-refractivity contribution in [3.05, 3.63) is 0 Å². The zero-order chi connectivity index (χ0) is 14.4. The Morgan fingerprint density at radius 3 is 2.70 bits per heavy atom. The van der Waals surface area contributed by atoms with Crippen molar-refractivity contribution in [3.8, 4) is 0 Å². The van der Waals surface area contributed by atoms with Gasteiger partial charge in [0.15, 0.2) is 5.78 Å². The molecular weight excluding hydrogens is 260 g/mol.